The molecule has 0 bridgehead atoms. The highest BCUT2D eigenvalue weighted by Gasteiger charge is 2.42. The van der Waals surface area contributed by atoms with Crippen LogP contribution in [-0.2, 0) is 9.84 Å². The topological polar surface area (TPSA) is 29.1 Å². The van der Waals surface area contributed by atoms with E-state index < -0.39 is 37.8 Å². The maximum absolute atomic E-state index is 12.0. The van der Waals surface area contributed by atoms with Crippen molar-refractivity contribution in [2.75, 3.05) is 6.61 Å². The normalized spacial score (nSPS) is 15.8. The number of alkyl halides is 7. The molecule has 0 aliphatic carbocycles. The van der Waals surface area contributed by atoms with E-state index in [1.54, 1.807) is 0 Å². The van der Waals surface area contributed by atoms with Crippen molar-refractivity contribution in [3.05, 3.63) is 0 Å². The van der Waals surface area contributed by atoms with Gasteiger partial charge in [0.1, 0.15) is 6.61 Å². The minimum atomic E-state index is -4.88. The molecule has 0 spiro atoms. The molecule has 1 unspecified atom stereocenters. The number of rotatable bonds is 5. The van der Waals surface area contributed by atoms with Crippen LogP contribution in [0.15, 0.2) is 0 Å². The Bertz CT molecular complexity index is 190. The van der Waals surface area contributed by atoms with Gasteiger partial charge in [-0.25, -0.2) is 13.9 Å². The zero-order chi connectivity index (χ0) is 12.3. The quantitative estimate of drug-likeness (QED) is 0.539. The molecule has 0 amide bonds. The fraction of sp³-hybridized carbons (Fsp3) is 1.00. The van der Waals surface area contributed by atoms with Crippen LogP contribution in [0.4, 0.5) is 30.7 Å². The minimum absolute atomic E-state index is 2.01. The first-order valence-corrected chi connectivity index (χ1v) is 3.55. The third kappa shape index (κ3) is 6.50. The van der Waals surface area contributed by atoms with Crippen molar-refractivity contribution in [2.45, 2.75) is 31.2 Å². The molecule has 0 N–H and O–H groups in total. The zero-order valence-electron chi connectivity index (χ0n) is 7.03. The smallest absolute Gasteiger partial charge is 0.343 e. The van der Waals surface area contributed by atoms with Crippen LogP contribution in [0.2, 0.25) is 0 Å². The van der Waals surface area contributed by atoms with E-state index in [0.717, 1.165) is 0 Å². The third-order valence-corrected chi connectivity index (χ3v) is 1.18. The second kappa shape index (κ2) is 4.97. The maximum atomic E-state index is 12.0. The van der Waals surface area contributed by atoms with E-state index >= 15 is 0 Å². The zero-order valence-corrected chi connectivity index (χ0v) is 7.03. The van der Waals surface area contributed by atoms with E-state index in [1.807, 2.05) is 0 Å². The number of hydrogen-bond donors (Lipinski definition) is 0. The third-order valence-electron chi connectivity index (χ3n) is 1.18. The van der Waals surface area contributed by atoms with Crippen LogP contribution in [0, 0.1) is 0 Å². The molecule has 0 aromatic heterocycles. The van der Waals surface area contributed by atoms with Crippen molar-refractivity contribution in [2.24, 2.45) is 0 Å². The lowest BCUT2D eigenvalue weighted by Gasteiger charge is -2.17. The summed E-state index contributed by atoms with van der Waals surface area (Å²) >= 11 is 0. The molecule has 0 aliphatic heterocycles. The van der Waals surface area contributed by atoms with Crippen molar-refractivity contribution in [1.29, 1.82) is 0 Å². The Morgan fingerprint density at radius 3 is 1.87 bits per heavy atom. The maximum Gasteiger partial charge on any atom is 0.394 e. The van der Waals surface area contributed by atoms with Crippen molar-refractivity contribution < 1.29 is 40.6 Å². The molecule has 0 fully saturated rings. The standard InChI is InChI=1S/C6H6F7O2/c7-4(8)5(9,10)2-15-3(14)1-6(11,12)13/h3-4H,1-2H2. The van der Waals surface area contributed by atoms with Crippen molar-refractivity contribution >= 4 is 0 Å². The molecular weight excluding hydrogens is 237 g/mol. The molecule has 0 saturated heterocycles. The molecular formula is C6H6F7O2. The van der Waals surface area contributed by atoms with E-state index in [4.69, 9.17) is 0 Å². The first-order valence-electron chi connectivity index (χ1n) is 3.55. The molecule has 0 saturated carbocycles. The fourth-order valence-electron chi connectivity index (χ4n) is 0.515. The Balaban J connectivity index is 3.96. The molecule has 91 valence electrons. The van der Waals surface area contributed by atoms with Gasteiger partial charge in [0.25, 0.3) is 0 Å². The highest BCUT2D eigenvalue weighted by atomic mass is 19.4. The van der Waals surface area contributed by atoms with Crippen LogP contribution < -0.4 is 0 Å². The second-order valence-electron chi connectivity index (χ2n) is 2.62. The van der Waals surface area contributed by atoms with Gasteiger partial charge in [0.15, 0.2) is 6.29 Å². The van der Waals surface area contributed by atoms with E-state index in [2.05, 4.69) is 4.74 Å². The summed E-state index contributed by atoms with van der Waals surface area (Å²) in [6, 6.07) is 0. The van der Waals surface area contributed by atoms with Gasteiger partial charge in [-0.2, -0.15) is 22.0 Å². The Kier molecular flexibility index (Phi) is 4.78. The minimum Gasteiger partial charge on any atom is -0.343 e. The van der Waals surface area contributed by atoms with Crippen LogP contribution >= 0.6 is 0 Å². The first-order chi connectivity index (χ1) is 6.54. The highest BCUT2D eigenvalue weighted by molar-refractivity contribution is 4.68. The number of hydrogen-bond acceptors (Lipinski definition) is 1. The number of halogens is 7. The molecule has 0 aromatic carbocycles. The Morgan fingerprint density at radius 2 is 1.53 bits per heavy atom. The predicted octanol–water partition coefficient (Wildman–Crippen LogP) is 2.61. The summed E-state index contributed by atoms with van der Waals surface area (Å²) in [6.07, 6.45) is -13.8. The highest BCUT2D eigenvalue weighted by Crippen LogP contribution is 2.26. The fourth-order valence-corrected chi connectivity index (χ4v) is 0.515. The first kappa shape index (κ1) is 14.4. The molecule has 0 rings (SSSR count). The molecule has 1 atom stereocenters. The summed E-state index contributed by atoms with van der Waals surface area (Å²) in [7, 11) is 0. The molecule has 15 heavy (non-hydrogen) atoms. The van der Waals surface area contributed by atoms with Crippen molar-refractivity contribution in [1.82, 2.24) is 0 Å². The lowest BCUT2D eigenvalue weighted by Crippen LogP contribution is -2.35. The van der Waals surface area contributed by atoms with E-state index in [9.17, 15) is 35.8 Å². The molecule has 9 heteroatoms. The van der Waals surface area contributed by atoms with Gasteiger partial charge in [-0.15, -0.1) is 0 Å². The van der Waals surface area contributed by atoms with Gasteiger partial charge >= 0.3 is 18.5 Å². The van der Waals surface area contributed by atoms with Gasteiger partial charge < -0.3 is 4.74 Å². The Labute approximate surface area is 79.6 Å². The van der Waals surface area contributed by atoms with Gasteiger partial charge in [0, 0.05) is 0 Å². The number of ether oxygens (including phenoxy) is 1. The summed E-state index contributed by atoms with van der Waals surface area (Å²) in [4.78, 5) is 0. The Hall–Kier alpha value is -0.570. The van der Waals surface area contributed by atoms with Gasteiger partial charge in [-0.3, -0.25) is 0 Å². The average molecular weight is 243 g/mol. The summed E-state index contributed by atoms with van der Waals surface area (Å²) < 4.78 is 84.8. The van der Waals surface area contributed by atoms with Crippen LogP contribution in [0.1, 0.15) is 6.42 Å². The van der Waals surface area contributed by atoms with Gasteiger partial charge in [0.2, 0.25) is 0 Å². The SMILES string of the molecule is [O]C(CC(F)(F)F)OCC(F)(F)C(F)F. The van der Waals surface area contributed by atoms with Crippen LogP contribution in [0.3, 0.4) is 0 Å². The van der Waals surface area contributed by atoms with Crippen molar-refractivity contribution in [3.8, 4) is 0 Å². The molecule has 0 aromatic rings. The summed E-state index contributed by atoms with van der Waals surface area (Å²) in [5, 5.41) is 10.3. The second-order valence-corrected chi connectivity index (χ2v) is 2.62. The molecule has 0 aliphatic rings. The lowest BCUT2D eigenvalue weighted by molar-refractivity contribution is -0.254. The van der Waals surface area contributed by atoms with Crippen molar-refractivity contribution in [3.63, 3.8) is 0 Å². The van der Waals surface area contributed by atoms with Crippen LogP contribution in [0.5, 0.6) is 0 Å². The monoisotopic (exact) mass is 243 g/mol. The van der Waals surface area contributed by atoms with Gasteiger partial charge in [0.05, 0.1) is 6.42 Å². The predicted molar refractivity (Wildman–Crippen MR) is 32.0 cm³/mol. The summed E-state index contributed by atoms with van der Waals surface area (Å²) in [6.45, 7) is -2.03. The molecule has 1 radical (unpaired) electrons. The van der Waals surface area contributed by atoms with E-state index in [-0.39, 0.29) is 0 Å². The van der Waals surface area contributed by atoms with Gasteiger partial charge in [-0.05, 0) is 0 Å². The van der Waals surface area contributed by atoms with E-state index in [0.29, 0.717) is 0 Å². The van der Waals surface area contributed by atoms with Crippen LogP contribution in [0.25, 0.3) is 0 Å². The Morgan fingerprint density at radius 1 is 1.07 bits per heavy atom. The largest absolute Gasteiger partial charge is 0.394 e. The van der Waals surface area contributed by atoms with Crippen LogP contribution in [-0.4, -0.2) is 31.4 Å². The van der Waals surface area contributed by atoms with Gasteiger partial charge in [-0.1, -0.05) is 0 Å². The summed E-state index contributed by atoms with van der Waals surface area (Å²) in [5.74, 6) is -4.62. The summed E-state index contributed by atoms with van der Waals surface area (Å²) in [5.41, 5.74) is 0. The van der Waals surface area contributed by atoms with E-state index in [1.165, 1.54) is 0 Å². The molecule has 0 heterocycles. The molecule has 2 nitrogen and oxygen atoms in total. The lowest BCUT2D eigenvalue weighted by atomic mass is 10.3. The average Bonchev–Trinajstić information content (AvgIpc) is 1.97.